The molecule has 4 rings (SSSR count). The van der Waals surface area contributed by atoms with Gasteiger partial charge >= 0.3 is 5.97 Å². The second-order valence-corrected chi connectivity index (χ2v) is 9.24. The lowest BCUT2D eigenvalue weighted by Crippen LogP contribution is -2.48. The number of nitrogens with zero attached hydrogens (tertiary/aromatic N) is 4. The van der Waals surface area contributed by atoms with E-state index in [4.69, 9.17) is 9.15 Å². The van der Waals surface area contributed by atoms with E-state index in [1.165, 1.54) is 40.7 Å². The highest BCUT2D eigenvalue weighted by Crippen LogP contribution is 2.27. The summed E-state index contributed by atoms with van der Waals surface area (Å²) in [6.45, 7) is -0.101. The van der Waals surface area contributed by atoms with Gasteiger partial charge in [0.25, 0.3) is 11.6 Å². The first-order chi connectivity index (χ1) is 15.9. The lowest BCUT2D eigenvalue weighted by atomic mass is 10.1. The Morgan fingerprint density at radius 1 is 1.12 bits per heavy atom. The molecule has 0 spiro atoms. The van der Waals surface area contributed by atoms with E-state index in [0.29, 0.717) is 24.8 Å². The topological polar surface area (TPSA) is 146 Å². The van der Waals surface area contributed by atoms with Gasteiger partial charge in [-0.15, -0.1) is 10.2 Å². The molecule has 11 nitrogen and oxygen atoms in total. The van der Waals surface area contributed by atoms with Gasteiger partial charge in [0, 0.05) is 24.2 Å². The average molecular weight is 472 g/mol. The van der Waals surface area contributed by atoms with Gasteiger partial charge in [-0.2, -0.15) is 4.31 Å². The standard InChI is InChI=1S/C21H20N4O7S/c26-21(18-8-4-5-13-24(18)33(29,30)17-6-2-1-3-7-17)31-14-19-22-23-20(32-19)15-9-11-16(12-10-15)25(27)28/h1-3,6-7,9-12,18H,4-5,8,13-14H2. The third-order valence-electron chi connectivity index (χ3n) is 5.21. The summed E-state index contributed by atoms with van der Waals surface area (Å²) in [6, 6.07) is 12.6. The number of carbonyl (C=O) groups is 1. The van der Waals surface area contributed by atoms with E-state index in [0.717, 1.165) is 0 Å². The Morgan fingerprint density at radius 2 is 1.85 bits per heavy atom. The average Bonchev–Trinajstić information content (AvgIpc) is 3.32. The van der Waals surface area contributed by atoms with Crippen LogP contribution in [0.25, 0.3) is 11.5 Å². The summed E-state index contributed by atoms with van der Waals surface area (Å²) in [4.78, 5) is 23.1. The van der Waals surface area contributed by atoms with Gasteiger partial charge in [0.05, 0.1) is 9.82 Å². The van der Waals surface area contributed by atoms with E-state index < -0.39 is 27.0 Å². The Balaban J connectivity index is 1.43. The Bertz CT molecular complexity index is 1240. The predicted octanol–water partition coefficient (Wildman–Crippen LogP) is 2.93. The predicted molar refractivity (Wildman–Crippen MR) is 114 cm³/mol. The lowest BCUT2D eigenvalue weighted by molar-refractivity contribution is -0.384. The molecule has 1 saturated heterocycles. The lowest BCUT2D eigenvalue weighted by Gasteiger charge is -2.32. The second kappa shape index (κ2) is 9.46. The fourth-order valence-electron chi connectivity index (χ4n) is 3.54. The number of nitro groups is 1. The fourth-order valence-corrected chi connectivity index (χ4v) is 5.21. The molecule has 0 N–H and O–H groups in total. The van der Waals surface area contributed by atoms with Crippen molar-refractivity contribution in [2.45, 2.75) is 36.8 Å². The maximum Gasteiger partial charge on any atom is 0.324 e. The first-order valence-electron chi connectivity index (χ1n) is 10.2. The van der Waals surface area contributed by atoms with Crippen LogP contribution in [0.3, 0.4) is 0 Å². The van der Waals surface area contributed by atoms with Crippen LogP contribution in [0.5, 0.6) is 0 Å². The summed E-state index contributed by atoms with van der Waals surface area (Å²) in [5.74, 6) is -0.559. The number of nitro benzene ring substituents is 1. The largest absolute Gasteiger partial charge is 0.454 e. The van der Waals surface area contributed by atoms with E-state index in [1.54, 1.807) is 18.2 Å². The van der Waals surface area contributed by atoms with Crippen LogP contribution in [0, 0.1) is 10.1 Å². The zero-order chi connectivity index (χ0) is 23.4. The Labute approximate surface area is 189 Å². The molecule has 1 atom stereocenters. The molecular weight excluding hydrogens is 452 g/mol. The van der Waals surface area contributed by atoms with Crippen molar-refractivity contribution in [1.29, 1.82) is 0 Å². The van der Waals surface area contributed by atoms with Gasteiger partial charge in [-0.3, -0.25) is 14.9 Å². The SMILES string of the molecule is O=C(OCc1nnc(-c2ccc([N+](=O)[O-])cc2)o1)C1CCCCN1S(=O)(=O)c1ccccc1. The minimum absolute atomic E-state index is 0.0185. The smallest absolute Gasteiger partial charge is 0.324 e. The van der Waals surface area contributed by atoms with Crippen LogP contribution >= 0.6 is 0 Å². The first kappa shape index (κ1) is 22.6. The summed E-state index contributed by atoms with van der Waals surface area (Å²) < 4.78 is 38.0. The molecule has 1 unspecified atom stereocenters. The zero-order valence-corrected chi connectivity index (χ0v) is 18.2. The number of benzene rings is 2. The number of hydrogen-bond acceptors (Lipinski definition) is 9. The van der Waals surface area contributed by atoms with E-state index in [2.05, 4.69) is 10.2 Å². The van der Waals surface area contributed by atoms with Crippen LogP contribution in [-0.2, 0) is 26.2 Å². The van der Waals surface area contributed by atoms with Gasteiger partial charge in [-0.1, -0.05) is 18.2 Å². The minimum atomic E-state index is -3.85. The van der Waals surface area contributed by atoms with Crippen molar-refractivity contribution >= 4 is 21.7 Å². The normalized spacial score (nSPS) is 16.9. The highest BCUT2D eigenvalue weighted by atomic mass is 32.2. The van der Waals surface area contributed by atoms with E-state index >= 15 is 0 Å². The molecule has 0 saturated carbocycles. The number of carbonyl (C=O) groups excluding carboxylic acids is 1. The molecular formula is C21H20N4O7S. The van der Waals surface area contributed by atoms with Crippen molar-refractivity contribution in [3.63, 3.8) is 0 Å². The van der Waals surface area contributed by atoms with Crippen molar-refractivity contribution in [2.24, 2.45) is 0 Å². The highest BCUT2D eigenvalue weighted by molar-refractivity contribution is 7.89. The van der Waals surface area contributed by atoms with Crippen molar-refractivity contribution in [1.82, 2.24) is 14.5 Å². The number of ether oxygens (including phenoxy) is 1. The zero-order valence-electron chi connectivity index (χ0n) is 17.4. The maximum atomic E-state index is 13.0. The molecule has 1 aliphatic heterocycles. The Kier molecular flexibility index (Phi) is 6.47. The third kappa shape index (κ3) is 4.91. The number of sulfonamides is 1. The summed E-state index contributed by atoms with van der Waals surface area (Å²) in [6.07, 6.45) is 1.70. The van der Waals surface area contributed by atoms with Crippen LogP contribution in [0.4, 0.5) is 5.69 Å². The Hall–Kier alpha value is -3.64. The molecule has 172 valence electrons. The summed E-state index contributed by atoms with van der Waals surface area (Å²) in [5.41, 5.74) is 0.396. The van der Waals surface area contributed by atoms with Gasteiger partial charge in [0.1, 0.15) is 6.04 Å². The monoisotopic (exact) mass is 472 g/mol. The number of piperidine rings is 1. The second-order valence-electron chi connectivity index (χ2n) is 7.35. The Morgan fingerprint density at radius 3 is 2.55 bits per heavy atom. The fraction of sp³-hybridized carbons (Fsp3) is 0.286. The number of hydrogen-bond donors (Lipinski definition) is 0. The van der Waals surface area contributed by atoms with Gasteiger partial charge in [0.15, 0.2) is 6.61 Å². The molecule has 3 aromatic rings. The van der Waals surface area contributed by atoms with Crippen molar-refractivity contribution in [3.05, 3.63) is 70.6 Å². The van der Waals surface area contributed by atoms with E-state index in [9.17, 15) is 23.3 Å². The van der Waals surface area contributed by atoms with Crippen molar-refractivity contribution in [2.75, 3.05) is 6.54 Å². The molecule has 1 fully saturated rings. The summed E-state index contributed by atoms with van der Waals surface area (Å²) >= 11 is 0. The van der Waals surface area contributed by atoms with Crippen LogP contribution in [0.15, 0.2) is 63.9 Å². The van der Waals surface area contributed by atoms with Crippen LogP contribution in [0.2, 0.25) is 0 Å². The van der Waals surface area contributed by atoms with E-state index in [-0.39, 0.29) is 35.5 Å². The van der Waals surface area contributed by atoms with Crippen LogP contribution < -0.4 is 0 Å². The minimum Gasteiger partial charge on any atom is -0.454 e. The molecule has 0 radical (unpaired) electrons. The van der Waals surface area contributed by atoms with Crippen LogP contribution in [-0.4, -0.2) is 46.4 Å². The van der Waals surface area contributed by atoms with Gasteiger partial charge in [0.2, 0.25) is 15.9 Å². The van der Waals surface area contributed by atoms with Gasteiger partial charge in [-0.05, 0) is 43.5 Å². The number of aromatic nitrogens is 2. The van der Waals surface area contributed by atoms with Gasteiger partial charge in [-0.25, -0.2) is 8.42 Å². The van der Waals surface area contributed by atoms with Crippen molar-refractivity contribution in [3.8, 4) is 11.5 Å². The van der Waals surface area contributed by atoms with Crippen molar-refractivity contribution < 1.29 is 27.3 Å². The number of esters is 1. The molecule has 1 aromatic heterocycles. The highest BCUT2D eigenvalue weighted by Gasteiger charge is 2.38. The van der Waals surface area contributed by atoms with Crippen LogP contribution in [0.1, 0.15) is 25.2 Å². The molecule has 12 heteroatoms. The molecule has 0 aliphatic carbocycles. The first-order valence-corrected chi connectivity index (χ1v) is 11.6. The molecule has 0 amide bonds. The molecule has 2 aromatic carbocycles. The summed E-state index contributed by atoms with van der Waals surface area (Å²) in [5, 5.41) is 18.4. The quantitative estimate of drug-likeness (QED) is 0.288. The number of non-ortho nitro benzene ring substituents is 1. The summed E-state index contributed by atoms with van der Waals surface area (Å²) in [7, 11) is -3.85. The molecule has 0 bridgehead atoms. The third-order valence-corrected chi connectivity index (χ3v) is 7.13. The van der Waals surface area contributed by atoms with E-state index in [1.807, 2.05) is 0 Å². The molecule has 33 heavy (non-hydrogen) atoms. The van der Waals surface area contributed by atoms with Gasteiger partial charge < -0.3 is 9.15 Å². The number of rotatable bonds is 7. The molecule has 1 aliphatic rings. The maximum absolute atomic E-state index is 13.0. The molecule has 2 heterocycles.